The summed E-state index contributed by atoms with van der Waals surface area (Å²) in [5.74, 6) is -0.160. The number of nitrogens with one attached hydrogen (secondary N) is 1. The SMILES string of the molecule is CCCNC(=O)/C(C#N)=C/c1ccc(OC(=O)CCc2ccc(C(C)(C)C)cc2)c(OC)c1. The molecule has 1 amide bonds. The first kappa shape index (κ1) is 25.7. The predicted molar refractivity (Wildman–Crippen MR) is 129 cm³/mol. The third kappa shape index (κ3) is 7.80. The molecular weight excluding hydrogens is 416 g/mol. The van der Waals surface area contributed by atoms with Gasteiger partial charge in [-0.25, -0.2) is 0 Å². The number of carbonyl (C=O) groups is 2. The molecule has 1 N–H and O–H groups in total. The molecule has 0 radical (unpaired) electrons. The highest BCUT2D eigenvalue weighted by atomic mass is 16.6. The molecule has 0 bridgehead atoms. The molecule has 0 heterocycles. The van der Waals surface area contributed by atoms with E-state index in [9.17, 15) is 14.9 Å². The van der Waals surface area contributed by atoms with E-state index < -0.39 is 5.91 Å². The Morgan fingerprint density at radius 1 is 1.09 bits per heavy atom. The molecule has 2 rings (SSSR count). The Labute approximate surface area is 196 Å². The highest BCUT2D eigenvalue weighted by Crippen LogP contribution is 2.29. The zero-order valence-electron chi connectivity index (χ0n) is 20.0. The topological polar surface area (TPSA) is 88.4 Å². The molecule has 2 aromatic carbocycles. The molecule has 0 aliphatic rings. The van der Waals surface area contributed by atoms with Gasteiger partial charge in [0.2, 0.25) is 0 Å². The van der Waals surface area contributed by atoms with Crippen LogP contribution in [0, 0.1) is 11.3 Å². The van der Waals surface area contributed by atoms with E-state index in [2.05, 4.69) is 38.2 Å². The number of hydrogen-bond donors (Lipinski definition) is 1. The van der Waals surface area contributed by atoms with Gasteiger partial charge in [-0.2, -0.15) is 5.26 Å². The smallest absolute Gasteiger partial charge is 0.311 e. The molecule has 0 spiro atoms. The molecule has 0 aromatic heterocycles. The molecule has 2 aromatic rings. The van der Waals surface area contributed by atoms with Gasteiger partial charge in [-0.05, 0) is 53.2 Å². The monoisotopic (exact) mass is 448 g/mol. The highest BCUT2D eigenvalue weighted by molar-refractivity contribution is 6.01. The minimum absolute atomic E-state index is 0.00673. The normalized spacial score (nSPS) is 11.5. The van der Waals surface area contributed by atoms with Gasteiger partial charge < -0.3 is 14.8 Å². The van der Waals surface area contributed by atoms with Gasteiger partial charge in [-0.15, -0.1) is 0 Å². The maximum Gasteiger partial charge on any atom is 0.311 e. The van der Waals surface area contributed by atoms with Crippen LogP contribution in [0.1, 0.15) is 57.2 Å². The van der Waals surface area contributed by atoms with E-state index in [1.54, 1.807) is 18.2 Å². The first-order chi connectivity index (χ1) is 15.7. The van der Waals surface area contributed by atoms with Crippen LogP contribution < -0.4 is 14.8 Å². The van der Waals surface area contributed by atoms with Gasteiger partial charge in [-0.3, -0.25) is 9.59 Å². The van der Waals surface area contributed by atoms with Crippen molar-refractivity contribution in [1.29, 1.82) is 5.26 Å². The minimum Gasteiger partial charge on any atom is -0.493 e. The Morgan fingerprint density at radius 3 is 2.36 bits per heavy atom. The van der Waals surface area contributed by atoms with Crippen LogP contribution in [0.5, 0.6) is 11.5 Å². The number of esters is 1. The summed E-state index contributed by atoms with van der Waals surface area (Å²) in [6, 6.07) is 15.1. The van der Waals surface area contributed by atoms with Crippen molar-refractivity contribution in [2.24, 2.45) is 0 Å². The number of benzene rings is 2. The predicted octanol–water partition coefficient (Wildman–Crippen LogP) is 4.96. The number of hydrogen-bond acceptors (Lipinski definition) is 5. The van der Waals surface area contributed by atoms with Gasteiger partial charge in [0, 0.05) is 13.0 Å². The molecule has 0 fully saturated rings. The molecule has 6 nitrogen and oxygen atoms in total. The van der Waals surface area contributed by atoms with Crippen LogP contribution in [-0.4, -0.2) is 25.5 Å². The van der Waals surface area contributed by atoms with E-state index in [1.807, 2.05) is 25.1 Å². The van der Waals surface area contributed by atoms with Crippen LogP contribution in [0.15, 0.2) is 48.0 Å². The number of amides is 1. The molecule has 33 heavy (non-hydrogen) atoms. The van der Waals surface area contributed by atoms with Gasteiger partial charge >= 0.3 is 5.97 Å². The number of carbonyl (C=O) groups excluding carboxylic acids is 2. The van der Waals surface area contributed by atoms with Crippen molar-refractivity contribution in [1.82, 2.24) is 5.32 Å². The standard InChI is InChI=1S/C27H32N2O4/c1-6-15-29-26(31)21(18-28)16-20-9-13-23(24(17-20)32-5)33-25(30)14-10-19-7-11-22(12-8-19)27(2,3)4/h7-9,11-13,16-17H,6,10,14-15H2,1-5H3,(H,29,31)/b21-16+. The second kappa shape index (κ2) is 11.9. The van der Waals surface area contributed by atoms with Gasteiger partial charge in [0.25, 0.3) is 5.91 Å². The van der Waals surface area contributed by atoms with Crippen molar-refractivity contribution in [2.45, 2.75) is 52.4 Å². The maximum absolute atomic E-state index is 12.4. The minimum atomic E-state index is -0.427. The number of nitriles is 1. The first-order valence-corrected chi connectivity index (χ1v) is 11.1. The fraction of sp³-hybridized carbons (Fsp3) is 0.370. The van der Waals surface area contributed by atoms with Gasteiger partial charge in [-0.1, -0.05) is 58.0 Å². The average molecular weight is 449 g/mol. The lowest BCUT2D eigenvalue weighted by Crippen LogP contribution is -2.25. The summed E-state index contributed by atoms with van der Waals surface area (Å²) in [5, 5.41) is 12.0. The van der Waals surface area contributed by atoms with Gasteiger partial charge in [0.15, 0.2) is 11.5 Å². The number of ether oxygens (including phenoxy) is 2. The summed E-state index contributed by atoms with van der Waals surface area (Å²) < 4.78 is 10.8. The van der Waals surface area contributed by atoms with Gasteiger partial charge in [0.05, 0.1) is 7.11 Å². The molecule has 0 saturated heterocycles. The molecule has 174 valence electrons. The van der Waals surface area contributed by atoms with Crippen LogP contribution in [0.2, 0.25) is 0 Å². The fourth-order valence-corrected chi connectivity index (χ4v) is 3.10. The van der Waals surface area contributed by atoms with Crippen LogP contribution in [0.3, 0.4) is 0 Å². The average Bonchev–Trinajstić information content (AvgIpc) is 2.80. The number of methoxy groups -OCH3 is 1. The van der Waals surface area contributed by atoms with E-state index in [4.69, 9.17) is 9.47 Å². The second-order valence-electron chi connectivity index (χ2n) is 8.76. The summed E-state index contributed by atoms with van der Waals surface area (Å²) in [7, 11) is 1.47. The Bertz CT molecular complexity index is 1040. The largest absolute Gasteiger partial charge is 0.493 e. The van der Waals surface area contributed by atoms with E-state index >= 15 is 0 Å². The van der Waals surface area contributed by atoms with Crippen molar-refractivity contribution >= 4 is 18.0 Å². The molecule has 0 unspecified atom stereocenters. The van der Waals surface area contributed by atoms with Crippen molar-refractivity contribution in [3.05, 3.63) is 64.7 Å². The lowest BCUT2D eigenvalue weighted by molar-refractivity contribution is -0.134. The number of rotatable bonds is 9. The van der Waals surface area contributed by atoms with E-state index in [0.29, 0.717) is 24.3 Å². The molecule has 0 aliphatic carbocycles. The van der Waals surface area contributed by atoms with Crippen LogP contribution >= 0.6 is 0 Å². The molecule has 0 aliphatic heterocycles. The summed E-state index contributed by atoms with van der Waals surface area (Å²) in [6.07, 6.45) is 3.06. The quantitative estimate of drug-likeness (QED) is 0.253. The first-order valence-electron chi connectivity index (χ1n) is 11.1. The third-order valence-electron chi connectivity index (χ3n) is 5.06. The van der Waals surface area contributed by atoms with E-state index in [-0.39, 0.29) is 29.1 Å². The van der Waals surface area contributed by atoms with Crippen LogP contribution in [0.4, 0.5) is 0 Å². The van der Waals surface area contributed by atoms with Crippen LogP contribution in [0.25, 0.3) is 6.08 Å². The molecule has 0 atom stereocenters. The zero-order valence-corrected chi connectivity index (χ0v) is 20.0. The Morgan fingerprint density at radius 2 is 1.79 bits per heavy atom. The Kier molecular flexibility index (Phi) is 9.23. The fourth-order valence-electron chi connectivity index (χ4n) is 3.10. The summed E-state index contributed by atoms with van der Waals surface area (Å²) in [5.41, 5.74) is 2.98. The zero-order chi connectivity index (χ0) is 24.4. The van der Waals surface area contributed by atoms with Crippen molar-refractivity contribution in [3.63, 3.8) is 0 Å². The lowest BCUT2D eigenvalue weighted by Gasteiger charge is -2.19. The Balaban J connectivity index is 2.04. The van der Waals surface area contributed by atoms with Crippen LogP contribution in [-0.2, 0) is 21.4 Å². The third-order valence-corrected chi connectivity index (χ3v) is 5.06. The van der Waals surface area contributed by atoms with Crippen molar-refractivity contribution in [2.75, 3.05) is 13.7 Å². The van der Waals surface area contributed by atoms with Crippen molar-refractivity contribution in [3.8, 4) is 17.6 Å². The highest BCUT2D eigenvalue weighted by Gasteiger charge is 2.15. The second-order valence-corrected chi connectivity index (χ2v) is 8.76. The number of nitrogens with zero attached hydrogens (tertiary/aromatic N) is 1. The van der Waals surface area contributed by atoms with E-state index in [1.165, 1.54) is 18.7 Å². The summed E-state index contributed by atoms with van der Waals surface area (Å²) in [6.45, 7) is 8.92. The molecular formula is C27H32N2O4. The van der Waals surface area contributed by atoms with Gasteiger partial charge in [0.1, 0.15) is 11.6 Å². The number of aryl methyl sites for hydroxylation is 1. The Hall–Kier alpha value is -3.59. The molecule has 0 saturated carbocycles. The van der Waals surface area contributed by atoms with Crippen molar-refractivity contribution < 1.29 is 19.1 Å². The maximum atomic E-state index is 12.4. The lowest BCUT2D eigenvalue weighted by atomic mass is 9.86. The summed E-state index contributed by atoms with van der Waals surface area (Å²) >= 11 is 0. The summed E-state index contributed by atoms with van der Waals surface area (Å²) in [4.78, 5) is 24.5. The van der Waals surface area contributed by atoms with E-state index in [0.717, 1.165) is 12.0 Å². The molecule has 6 heteroatoms.